The number of carbonyl (C=O) groups excluding carboxylic acids is 2. The smallest absolute Gasteiger partial charge is 0.326 e. The van der Waals surface area contributed by atoms with E-state index in [0.717, 1.165) is 25.9 Å². The molecule has 8 nitrogen and oxygen atoms in total. The number of morpholine rings is 1. The molecule has 25 heavy (non-hydrogen) atoms. The lowest BCUT2D eigenvalue weighted by Gasteiger charge is -2.39. The van der Waals surface area contributed by atoms with Gasteiger partial charge in [-0.05, 0) is 37.8 Å². The normalized spacial score (nSPS) is 26.8. The number of likely N-dealkylation sites (tertiary alicyclic amines) is 2. The highest BCUT2D eigenvalue weighted by molar-refractivity contribution is 5.83. The zero-order chi connectivity index (χ0) is 18.0. The molecule has 3 rings (SSSR count). The molecule has 140 valence electrons. The molecule has 3 saturated heterocycles. The van der Waals surface area contributed by atoms with Crippen LogP contribution in [0.2, 0.25) is 0 Å². The number of ether oxygens (including phenoxy) is 1. The number of nitrogens with zero attached hydrogens (tertiary/aromatic N) is 3. The van der Waals surface area contributed by atoms with Crippen LogP contribution in [-0.4, -0.2) is 96.1 Å². The van der Waals surface area contributed by atoms with Gasteiger partial charge in [-0.25, -0.2) is 4.79 Å². The summed E-state index contributed by atoms with van der Waals surface area (Å²) in [7, 11) is 0. The second-order valence-corrected chi connectivity index (χ2v) is 7.47. The lowest BCUT2D eigenvalue weighted by atomic mass is 9.76. The van der Waals surface area contributed by atoms with Crippen molar-refractivity contribution in [3.05, 3.63) is 0 Å². The Hall–Kier alpha value is -1.67. The van der Waals surface area contributed by atoms with E-state index < -0.39 is 12.0 Å². The van der Waals surface area contributed by atoms with Crippen LogP contribution in [0.4, 0.5) is 0 Å². The second kappa shape index (κ2) is 7.29. The van der Waals surface area contributed by atoms with Crippen molar-refractivity contribution in [3.8, 4) is 0 Å². The number of piperidine rings is 1. The Morgan fingerprint density at radius 3 is 2.28 bits per heavy atom. The van der Waals surface area contributed by atoms with Crippen molar-refractivity contribution in [1.82, 2.24) is 14.7 Å². The Morgan fingerprint density at radius 1 is 1.12 bits per heavy atom. The standard InChI is InChI=1S/C17H27N3O5/c1-13(21)20-12-17(10-14(20)16(23)24)2-4-18(5-3-17)11-15(22)19-6-8-25-9-7-19/h14H,2-12H2,1H3,(H,23,24)/t14-/m0/s1. The molecule has 3 fully saturated rings. The van der Waals surface area contributed by atoms with Gasteiger partial charge in [0.15, 0.2) is 0 Å². The number of rotatable bonds is 3. The molecule has 0 aromatic rings. The van der Waals surface area contributed by atoms with Crippen LogP contribution in [0.1, 0.15) is 26.2 Å². The van der Waals surface area contributed by atoms with Gasteiger partial charge in [0.25, 0.3) is 0 Å². The highest BCUT2D eigenvalue weighted by Crippen LogP contribution is 2.43. The number of amides is 2. The van der Waals surface area contributed by atoms with E-state index in [1.807, 2.05) is 4.90 Å². The Morgan fingerprint density at radius 2 is 1.76 bits per heavy atom. The van der Waals surface area contributed by atoms with Crippen LogP contribution >= 0.6 is 0 Å². The lowest BCUT2D eigenvalue weighted by Crippen LogP contribution is -2.49. The van der Waals surface area contributed by atoms with Crippen molar-refractivity contribution in [2.75, 3.05) is 52.5 Å². The Labute approximate surface area is 147 Å². The van der Waals surface area contributed by atoms with E-state index in [1.54, 1.807) is 0 Å². The number of carboxylic acids is 1. The third-order valence-electron chi connectivity index (χ3n) is 5.84. The first-order valence-corrected chi connectivity index (χ1v) is 8.98. The van der Waals surface area contributed by atoms with E-state index in [-0.39, 0.29) is 17.2 Å². The monoisotopic (exact) mass is 353 g/mol. The largest absolute Gasteiger partial charge is 0.480 e. The molecule has 1 N–H and O–H groups in total. The number of carbonyl (C=O) groups is 3. The molecule has 3 aliphatic rings. The van der Waals surface area contributed by atoms with Crippen molar-refractivity contribution in [2.24, 2.45) is 5.41 Å². The Balaban J connectivity index is 1.53. The molecule has 0 radical (unpaired) electrons. The predicted molar refractivity (Wildman–Crippen MR) is 88.9 cm³/mol. The van der Waals surface area contributed by atoms with Gasteiger partial charge in [0.2, 0.25) is 11.8 Å². The minimum Gasteiger partial charge on any atom is -0.480 e. The van der Waals surface area contributed by atoms with Crippen molar-refractivity contribution in [2.45, 2.75) is 32.2 Å². The van der Waals surface area contributed by atoms with E-state index >= 15 is 0 Å². The van der Waals surface area contributed by atoms with Gasteiger partial charge in [-0.1, -0.05) is 0 Å². The molecule has 1 atom stereocenters. The highest BCUT2D eigenvalue weighted by atomic mass is 16.5. The molecule has 0 saturated carbocycles. The molecular formula is C17H27N3O5. The van der Waals surface area contributed by atoms with E-state index in [2.05, 4.69) is 4.90 Å². The average molecular weight is 353 g/mol. The van der Waals surface area contributed by atoms with Crippen LogP contribution < -0.4 is 0 Å². The van der Waals surface area contributed by atoms with Gasteiger partial charge in [0.1, 0.15) is 6.04 Å². The van der Waals surface area contributed by atoms with E-state index in [0.29, 0.717) is 45.8 Å². The van der Waals surface area contributed by atoms with E-state index in [9.17, 15) is 19.5 Å². The molecule has 0 aromatic heterocycles. The first kappa shape index (κ1) is 18.1. The SMILES string of the molecule is CC(=O)N1CC2(CCN(CC(=O)N3CCOCC3)CC2)C[C@H]1C(=O)O. The number of hydrogen-bond donors (Lipinski definition) is 1. The van der Waals surface area contributed by atoms with Gasteiger partial charge in [-0.3, -0.25) is 14.5 Å². The second-order valence-electron chi connectivity index (χ2n) is 7.47. The fourth-order valence-corrected chi connectivity index (χ4v) is 4.26. The molecule has 0 aliphatic carbocycles. The molecule has 3 aliphatic heterocycles. The Kier molecular flexibility index (Phi) is 5.29. The van der Waals surface area contributed by atoms with Crippen molar-refractivity contribution < 1.29 is 24.2 Å². The first-order valence-electron chi connectivity index (χ1n) is 8.98. The highest BCUT2D eigenvalue weighted by Gasteiger charge is 2.49. The maximum Gasteiger partial charge on any atom is 0.326 e. The minimum absolute atomic E-state index is 0.118. The van der Waals surface area contributed by atoms with Crippen LogP contribution in [0, 0.1) is 5.41 Å². The average Bonchev–Trinajstić information content (AvgIpc) is 2.98. The number of carboxylic acid groups (broad SMARTS) is 1. The van der Waals surface area contributed by atoms with Gasteiger partial charge in [-0.15, -0.1) is 0 Å². The predicted octanol–water partition coefficient (Wildman–Crippen LogP) is -0.367. The molecule has 1 spiro atoms. The summed E-state index contributed by atoms with van der Waals surface area (Å²) in [5.74, 6) is -0.953. The summed E-state index contributed by atoms with van der Waals surface area (Å²) in [6, 6.07) is -0.709. The summed E-state index contributed by atoms with van der Waals surface area (Å²) in [4.78, 5) is 41.1. The topological polar surface area (TPSA) is 90.4 Å². The van der Waals surface area contributed by atoms with Crippen LogP contribution in [-0.2, 0) is 19.1 Å². The fourth-order valence-electron chi connectivity index (χ4n) is 4.26. The van der Waals surface area contributed by atoms with Crippen molar-refractivity contribution >= 4 is 17.8 Å². The van der Waals surface area contributed by atoms with Crippen LogP contribution in [0.5, 0.6) is 0 Å². The van der Waals surface area contributed by atoms with Gasteiger partial charge in [0, 0.05) is 26.6 Å². The zero-order valence-electron chi connectivity index (χ0n) is 14.8. The fraction of sp³-hybridized carbons (Fsp3) is 0.824. The molecule has 0 aromatic carbocycles. The minimum atomic E-state index is -0.919. The van der Waals surface area contributed by atoms with Crippen molar-refractivity contribution in [1.29, 1.82) is 0 Å². The quantitative estimate of drug-likeness (QED) is 0.745. The molecule has 2 amide bonds. The van der Waals surface area contributed by atoms with Gasteiger partial charge in [-0.2, -0.15) is 0 Å². The van der Waals surface area contributed by atoms with Crippen LogP contribution in [0.15, 0.2) is 0 Å². The molecule has 8 heteroatoms. The summed E-state index contributed by atoms with van der Waals surface area (Å²) >= 11 is 0. The zero-order valence-corrected chi connectivity index (χ0v) is 14.8. The summed E-state index contributed by atoms with van der Waals surface area (Å²) < 4.78 is 5.27. The van der Waals surface area contributed by atoms with Gasteiger partial charge < -0.3 is 19.6 Å². The maximum absolute atomic E-state index is 12.4. The summed E-state index contributed by atoms with van der Waals surface area (Å²) in [6.07, 6.45) is 2.18. The Bertz CT molecular complexity index is 514. The van der Waals surface area contributed by atoms with Crippen molar-refractivity contribution in [3.63, 3.8) is 0 Å². The molecule has 0 unspecified atom stereocenters. The van der Waals surface area contributed by atoms with Gasteiger partial charge in [0.05, 0.1) is 19.8 Å². The summed E-state index contributed by atoms with van der Waals surface area (Å²) in [6.45, 7) is 6.43. The maximum atomic E-state index is 12.4. The first-order chi connectivity index (χ1) is 11.9. The molecule has 3 heterocycles. The molecular weight excluding hydrogens is 326 g/mol. The summed E-state index contributed by atoms with van der Waals surface area (Å²) in [5.41, 5.74) is -0.118. The molecule has 0 bridgehead atoms. The van der Waals surface area contributed by atoms with E-state index in [1.165, 1.54) is 11.8 Å². The third-order valence-corrected chi connectivity index (χ3v) is 5.84. The number of aliphatic carboxylic acids is 1. The third kappa shape index (κ3) is 3.95. The lowest BCUT2D eigenvalue weighted by molar-refractivity contribution is -0.147. The van der Waals surface area contributed by atoms with Crippen LogP contribution in [0.25, 0.3) is 0 Å². The van der Waals surface area contributed by atoms with Gasteiger partial charge >= 0.3 is 5.97 Å². The summed E-state index contributed by atoms with van der Waals surface area (Å²) in [5, 5.41) is 9.40. The van der Waals surface area contributed by atoms with E-state index in [4.69, 9.17) is 4.74 Å². The van der Waals surface area contributed by atoms with Crippen LogP contribution in [0.3, 0.4) is 0 Å². The number of hydrogen-bond acceptors (Lipinski definition) is 5.